The molecule has 1 N–H and O–H groups in total. The molecule has 0 spiro atoms. The van der Waals surface area contributed by atoms with Gasteiger partial charge in [0.25, 0.3) is 11.5 Å². The average molecular weight is 414 g/mol. The minimum absolute atomic E-state index is 0.0640. The molecule has 3 rings (SSSR count). The van der Waals surface area contributed by atoms with Crippen LogP contribution in [0.5, 0.6) is 0 Å². The minimum atomic E-state index is -3.63. The highest BCUT2D eigenvalue weighted by molar-refractivity contribution is 7.89. The van der Waals surface area contributed by atoms with Crippen LogP contribution in [-0.4, -0.2) is 42.5 Å². The van der Waals surface area contributed by atoms with Crippen molar-refractivity contribution in [2.45, 2.75) is 24.8 Å². The summed E-state index contributed by atoms with van der Waals surface area (Å²) in [5, 5.41) is 7.79. The molecule has 0 bridgehead atoms. The van der Waals surface area contributed by atoms with Gasteiger partial charge in [-0.2, -0.15) is 5.10 Å². The molecule has 2 aromatic carbocycles. The van der Waals surface area contributed by atoms with Gasteiger partial charge in [-0.25, -0.2) is 17.4 Å². The van der Waals surface area contributed by atoms with Crippen LogP contribution < -0.4 is 10.9 Å². The lowest BCUT2D eigenvalue weighted by Gasteiger charge is -2.13. The third-order valence-electron chi connectivity index (χ3n) is 4.39. The summed E-state index contributed by atoms with van der Waals surface area (Å²) in [6.45, 7) is 2.31. The fourth-order valence-electron chi connectivity index (χ4n) is 2.90. The standard InChI is InChI=1S/C20H22N4O4S/c1-4-12-24-20(26)17-11-6-5-10-16(17)18(22-24)19(25)21-14-8-7-9-15(13-14)29(27,28)23(2)3/h5-11,13H,4,12H2,1-3H3,(H,21,25). The quantitative estimate of drug-likeness (QED) is 0.667. The molecule has 0 unspecified atom stereocenters. The number of amides is 1. The summed E-state index contributed by atoms with van der Waals surface area (Å²) < 4.78 is 27.0. The number of fused-ring (bicyclic) bond motifs is 1. The van der Waals surface area contributed by atoms with E-state index in [0.717, 1.165) is 4.31 Å². The molecule has 0 saturated heterocycles. The second-order valence-corrected chi connectivity index (χ2v) is 8.84. The Hall–Kier alpha value is -3.04. The number of nitrogens with one attached hydrogen (secondary N) is 1. The van der Waals surface area contributed by atoms with E-state index in [2.05, 4.69) is 10.4 Å². The minimum Gasteiger partial charge on any atom is -0.321 e. The summed E-state index contributed by atoms with van der Waals surface area (Å²) in [7, 11) is -0.757. The summed E-state index contributed by atoms with van der Waals surface area (Å²) >= 11 is 0. The summed E-state index contributed by atoms with van der Waals surface area (Å²) in [5.74, 6) is -0.523. The Morgan fingerprint density at radius 1 is 1.10 bits per heavy atom. The number of hydrogen-bond acceptors (Lipinski definition) is 5. The van der Waals surface area contributed by atoms with Gasteiger partial charge in [0.2, 0.25) is 10.0 Å². The third-order valence-corrected chi connectivity index (χ3v) is 6.20. The van der Waals surface area contributed by atoms with Gasteiger partial charge in [-0.05, 0) is 30.7 Å². The second-order valence-electron chi connectivity index (χ2n) is 6.69. The molecule has 0 saturated carbocycles. The van der Waals surface area contributed by atoms with Gasteiger partial charge in [0, 0.05) is 31.7 Å². The van der Waals surface area contributed by atoms with Crippen molar-refractivity contribution in [3.05, 3.63) is 64.6 Å². The Balaban J connectivity index is 2.03. The molecule has 8 nitrogen and oxygen atoms in total. The third kappa shape index (κ3) is 4.06. The zero-order chi connectivity index (χ0) is 21.2. The molecule has 0 aliphatic heterocycles. The highest BCUT2D eigenvalue weighted by Crippen LogP contribution is 2.20. The van der Waals surface area contributed by atoms with Gasteiger partial charge in [-0.15, -0.1) is 0 Å². The van der Waals surface area contributed by atoms with Crippen molar-refractivity contribution in [2.75, 3.05) is 19.4 Å². The molecule has 0 aliphatic carbocycles. The number of anilines is 1. The lowest BCUT2D eigenvalue weighted by molar-refractivity contribution is 0.102. The number of sulfonamides is 1. The molecule has 1 amide bonds. The van der Waals surface area contributed by atoms with Crippen LogP contribution in [0.25, 0.3) is 10.8 Å². The molecule has 9 heteroatoms. The van der Waals surface area contributed by atoms with Crippen LogP contribution in [0.4, 0.5) is 5.69 Å². The first-order valence-electron chi connectivity index (χ1n) is 9.09. The molecular formula is C20H22N4O4S. The maximum Gasteiger partial charge on any atom is 0.276 e. The zero-order valence-corrected chi connectivity index (χ0v) is 17.2. The summed E-state index contributed by atoms with van der Waals surface area (Å²) in [5.41, 5.74) is 0.171. The Morgan fingerprint density at radius 3 is 2.45 bits per heavy atom. The summed E-state index contributed by atoms with van der Waals surface area (Å²) in [6, 6.07) is 12.8. The van der Waals surface area contributed by atoms with Crippen LogP contribution in [0.1, 0.15) is 23.8 Å². The number of aromatic nitrogens is 2. The largest absolute Gasteiger partial charge is 0.321 e. The predicted octanol–water partition coefficient (Wildman–Crippen LogP) is 2.31. The van der Waals surface area contributed by atoms with Crippen molar-refractivity contribution in [1.82, 2.24) is 14.1 Å². The first kappa shape index (κ1) is 20.7. The van der Waals surface area contributed by atoms with Crippen LogP contribution in [0.15, 0.2) is 58.2 Å². The number of rotatable bonds is 6. The maximum absolute atomic E-state index is 12.9. The lowest BCUT2D eigenvalue weighted by Crippen LogP contribution is -2.27. The van der Waals surface area contributed by atoms with Gasteiger partial charge in [-0.1, -0.05) is 31.2 Å². The number of hydrogen-bond donors (Lipinski definition) is 1. The number of benzene rings is 2. The van der Waals surface area contributed by atoms with E-state index >= 15 is 0 Å². The fourth-order valence-corrected chi connectivity index (χ4v) is 3.85. The number of carbonyl (C=O) groups is 1. The monoisotopic (exact) mass is 414 g/mol. The number of carbonyl (C=O) groups excluding carboxylic acids is 1. The van der Waals surface area contributed by atoms with E-state index in [1.54, 1.807) is 36.4 Å². The van der Waals surface area contributed by atoms with E-state index in [1.807, 2.05) is 6.92 Å². The predicted molar refractivity (Wildman–Crippen MR) is 112 cm³/mol. The van der Waals surface area contributed by atoms with Crippen LogP contribution >= 0.6 is 0 Å². The Morgan fingerprint density at radius 2 is 1.79 bits per heavy atom. The lowest BCUT2D eigenvalue weighted by atomic mass is 10.1. The molecule has 0 aliphatic rings. The van der Waals surface area contributed by atoms with Crippen molar-refractivity contribution in [2.24, 2.45) is 0 Å². The zero-order valence-electron chi connectivity index (χ0n) is 16.4. The van der Waals surface area contributed by atoms with Crippen LogP contribution in [0.2, 0.25) is 0 Å². The van der Waals surface area contributed by atoms with Gasteiger partial charge < -0.3 is 5.32 Å². The first-order chi connectivity index (χ1) is 13.8. The molecule has 0 radical (unpaired) electrons. The van der Waals surface area contributed by atoms with Crippen molar-refractivity contribution >= 4 is 32.4 Å². The van der Waals surface area contributed by atoms with E-state index in [0.29, 0.717) is 29.4 Å². The van der Waals surface area contributed by atoms with E-state index in [-0.39, 0.29) is 16.1 Å². The molecule has 0 fully saturated rings. The van der Waals surface area contributed by atoms with Crippen molar-refractivity contribution in [3.8, 4) is 0 Å². The highest BCUT2D eigenvalue weighted by atomic mass is 32.2. The molecule has 152 valence electrons. The summed E-state index contributed by atoms with van der Waals surface area (Å²) in [6.07, 6.45) is 0.691. The van der Waals surface area contributed by atoms with Gasteiger partial charge in [0.05, 0.1) is 10.3 Å². The normalized spacial score (nSPS) is 11.7. The fraction of sp³-hybridized carbons (Fsp3) is 0.250. The Bertz CT molecular complexity index is 1230. The van der Waals surface area contributed by atoms with E-state index in [1.165, 1.54) is 30.9 Å². The highest BCUT2D eigenvalue weighted by Gasteiger charge is 2.20. The molecule has 1 aromatic heterocycles. The van der Waals surface area contributed by atoms with E-state index in [9.17, 15) is 18.0 Å². The maximum atomic E-state index is 12.9. The van der Waals surface area contributed by atoms with Crippen LogP contribution in [-0.2, 0) is 16.6 Å². The van der Waals surface area contributed by atoms with Gasteiger partial charge in [0.1, 0.15) is 0 Å². The van der Waals surface area contributed by atoms with Gasteiger partial charge in [0.15, 0.2) is 5.69 Å². The average Bonchev–Trinajstić information content (AvgIpc) is 2.70. The summed E-state index contributed by atoms with van der Waals surface area (Å²) in [4.78, 5) is 25.6. The van der Waals surface area contributed by atoms with Crippen LogP contribution in [0, 0.1) is 0 Å². The van der Waals surface area contributed by atoms with Crippen molar-refractivity contribution in [3.63, 3.8) is 0 Å². The Kier molecular flexibility index (Phi) is 5.81. The SMILES string of the molecule is CCCn1nc(C(=O)Nc2cccc(S(=O)(=O)N(C)C)c2)c2ccccc2c1=O. The van der Waals surface area contributed by atoms with E-state index < -0.39 is 15.9 Å². The second kappa shape index (κ2) is 8.14. The number of aryl methyl sites for hydroxylation is 1. The smallest absolute Gasteiger partial charge is 0.276 e. The molecule has 29 heavy (non-hydrogen) atoms. The van der Waals surface area contributed by atoms with Crippen molar-refractivity contribution < 1.29 is 13.2 Å². The Labute approximate surface area is 168 Å². The molecule has 0 atom stereocenters. The molecular weight excluding hydrogens is 392 g/mol. The molecule has 3 aromatic rings. The van der Waals surface area contributed by atoms with Crippen LogP contribution in [0.3, 0.4) is 0 Å². The van der Waals surface area contributed by atoms with Gasteiger partial charge in [-0.3, -0.25) is 9.59 Å². The molecule has 1 heterocycles. The van der Waals surface area contributed by atoms with E-state index in [4.69, 9.17) is 0 Å². The topological polar surface area (TPSA) is 101 Å². The van der Waals surface area contributed by atoms with Crippen molar-refractivity contribution in [1.29, 1.82) is 0 Å². The number of nitrogens with zero attached hydrogens (tertiary/aromatic N) is 3. The first-order valence-corrected chi connectivity index (χ1v) is 10.5. The van der Waals surface area contributed by atoms with Gasteiger partial charge >= 0.3 is 0 Å².